The zero-order valence-corrected chi connectivity index (χ0v) is 13.6. The first-order valence-electron chi connectivity index (χ1n) is 7.67. The van der Waals surface area contributed by atoms with Crippen molar-refractivity contribution in [3.8, 4) is 12.3 Å². The molecule has 0 bridgehead atoms. The zero-order chi connectivity index (χ0) is 18.4. The van der Waals surface area contributed by atoms with E-state index in [1.807, 2.05) is 6.07 Å². The minimum Gasteiger partial charge on any atom is -0.388 e. The Hall–Kier alpha value is -2.91. The molecule has 2 unspecified atom stereocenters. The van der Waals surface area contributed by atoms with Crippen molar-refractivity contribution >= 4 is 11.7 Å². The molecular weight excluding hydrogens is 326 g/mol. The van der Waals surface area contributed by atoms with E-state index >= 15 is 0 Å². The summed E-state index contributed by atoms with van der Waals surface area (Å²) in [7, 11) is 0. The summed E-state index contributed by atoms with van der Waals surface area (Å²) in [5.41, 5.74) is 0.186. The van der Waals surface area contributed by atoms with Crippen LogP contribution < -0.4 is 10.6 Å². The van der Waals surface area contributed by atoms with E-state index in [4.69, 9.17) is 6.42 Å². The summed E-state index contributed by atoms with van der Waals surface area (Å²) in [6.45, 7) is 1.68. The molecule has 0 aliphatic carbocycles. The van der Waals surface area contributed by atoms with E-state index in [9.17, 15) is 18.7 Å². The number of aliphatic hydroxyl groups excluding tert-OH is 1. The number of rotatable bonds is 5. The number of aliphatic hydroxyl groups is 1. The third kappa shape index (κ3) is 5.03. The van der Waals surface area contributed by atoms with Crippen LogP contribution in [-0.2, 0) is 0 Å². The molecule has 130 valence electrons. The molecule has 4 nitrogen and oxygen atoms in total. The van der Waals surface area contributed by atoms with Gasteiger partial charge in [0.05, 0.1) is 6.10 Å². The van der Waals surface area contributed by atoms with Gasteiger partial charge in [-0.1, -0.05) is 36.3 Å². The van der Waals surface area contributed by atoms with E-state index in [0.29, 0.717) is 0 Å². The van der Waals surface area contributed by atoms with Gasteiger partial charge >= 0.3 is 6.03 Å². The van der Waals surface area contributed by atoms with Crippen LogP contribution in [0.25, 0.3) is 0 Å². The number of benzene rings is 2. The molecule has 0 aromatic heterocycles. The maximum Gasteiger partial charge on any atom is 0.319 e. The number of amides is 2. The Morgan fingerprint density at radius 3 is 2.40 bits per heavy atom. The molecule has 6 heteroatoms. The third-order valence-electron chi connectivity index (χ3n) is 3.59. The maximum atomic E-state index is 13.8. The Balaban J connectivity index is 1.95. The van der Waals surface area contributed by atoms with E-state index in [2.05, 4.69) is 16.6 Å². The Labute approximate surface area is 144 Å². The van der Waals surface area contributed by atoms with Gasteiger partial charge in [-0.3, -0.25) is 0 Å². The van der Waals surface area contributed by atoms with Gasteiger partial charge in [0, 0.05) is 11.6 Å². The van der Waals surface area contributed by atoms with Crippen LogP contribution in [0.5, 0.6) is 0 Å². The number of urea groups is 1. The number of carbonyl (C=O) groups excluding carboxylic acids is 1. The summed E-state index contributed by atoms with van der Waals surface area (Å²) in [6, 6.07) is 9.70. The van der Waals surface area contributed by atoms with Crippen molar-refractivity contribution in [1.82, 2.24) is 5.32 Å². The van der Waals surface area contributed by atoms with Crippen molar-refractivity contribution in [2.45, 2.75) is 25.5 Å². The van der Waals surface area contributed by atoms with Gasteiger partial charge in [0.1, 0.15) is 5.69 Å². The Morgan fingerprint density at radius 1 is 1.24 bits per heavy atom. The molecule has 2 atom stereocenters. The molecule has 0 saturated carbocycles. The predicted octanol–water partition coefficient (Wildman–Crippen LogP) is 3.58. The zero-order valence-electron chi connectivity index (χ0n) is 13.6. The van der Waals surface area contributed by atoms with Gasteiger partial charge < -0.3 is 15.7 Å². The average molecular weight is 344 g/mol. The molecular formula is C19H18F2N2O2. The number of nitrogens with one attached hydrogen (secondary N) is 2. The van der Waals surface area contributed by atoms with E-state index < -0.39 is 35.5 Å². The van der Waals surface area contributed by atoms with Crippen molar-refractivity contribution in [2.24, 2.45) is 0 Å². The van der Waals surface area contributed by atoms with E-state index in [0.717, 1.165) is 17.7 Å². The fourth-order valence-corrected chi connectivity index (χ4v) is 2.35. The molecule has 0 heterocycles. The number of carbonyl (C=O) groups is 1. The van der Waals surface area contributed by atoms with Gasteiger partial charge in [-0.15, -0.1) is 6.42 Å². The lowest BCUT2D eigenvalue weighted by molar-refractivity contribution is 0.155. The predicted molar refractivity (Wildman–Crippen MR) is 91.9 cm³/mol. The van der Waals surface area contributed by atoms with Crippen molar-refractivity contribution in [3.05, 3.63) is 65.2 Å². The molecule has 0 aliphatic heterocycles. The molecule has 3 N–H and O–H groups in total. The highest BCUT2D eigenvalue weighted by Crippen LogP contribution is 2.21. The lowest BCUT2D eigenvalue weighted by atomic mass is 10.0. The van der Waals surface area contributed by atoms with Gasteiger partial charge in [0.2, 0.25) is 0 Å². The van der Waals surface area contributed by atoms with Crippen LogP contribution in [0.15, 0.2) is 42.5 Å². The number of halogens is 2. The lowest BCUT2D eigenvalue weighted by Crippen LogP contribution is -2.37. The summed E-state index contributed by atoms with van der Waals surface area (Å²) in [4.78, 5) is 11.9. The van der Waals surface area contributed by atoms with Crippen LogP contribution in [0.2, 0.25) is 0 Å². The van der Waals surface area contributed by atoms with Crippen LogP contribution in [0.3, 0.4) is 0 Å². The highest BCUT2D eigenvalue weighted by Gasteiger charge is 2.17. The van der Waals surface area contributed by atoms with Crippen LogP contribution >= 0.6 is 0 Å². The van der Waals surface area contributed by atoms with Gasteiger partial charge in [-0.05, 0) is 31.0 Å². The lowest BCUT2D eigenvalue weighted by Gasteiger charge is -2.19. The first-order valence-corrected chi connectivity index (χ1v) is 7.67. The molecule has 0 saturated heterocycles. The van der Waals surface area contributed by atoms with Crippen LogP contribution in [0, 0.1) is 24.0 Å². The number of hydrogen-bond acceptors (Lipinski definition) is 2. The normalized spacial score (nSPS) is 12.8. The van der Waals surface area contributed by atoms with Crippen LogP contribution in [0.1, 0.15) is 30.6 Å². The van der Waals surface area contributed by atoms with Gasteiger partial charge in [0.25, 0.3) is 0 Å². The highest BCUT2D eigenvalue weighted by atomic mass is 19.1. The molecule has 2 rings (SSSR count). The van der Waals surface area contributed by atoms with Crippen molar-refractivity contribution in [1.29, 1.82) is 0 Å². The summed E-state index contributed by atoms with van der Waals surface area (Å²) >= 11 is 0. The van der Waals surface area contributed by atoms with Crippen LogP contribution in [-0.4, -0.2) is 17.2 Å². The summed E-state index contributed by atoms with van der Waals surface area (Å²) in [6.07, 6.45) is 4.58. The Kier molecular flexibility index (Phi) is 6.09. The molecule has 0 aliphatic rings. The van der Waals surface area contributed by atoms with Crippen molar-refractivity contribution in [2.75, 3.05) is 5.32 Å². The summed E-state index contributed by atoms with van der Waals surface area (Å²) in [5.74, 6) is 0.206. The maximum absolute atomic E-state index is 13.8. The van der Waals surface area contributed by atoms with E-state index in [1.54, 1.807) is 31.2 Å². The first-order chi connectivity index (χ1) is 11.9. The van der Waals surface area contributed by atoms with E-state index in [1.165, 1.54) is 0 Å². The standard InChI is InChI=1S/C19H18F2N2O2/c1-3-13-10-15(20)18(16(21)11-13)23-19(25)22-12(2)9-17(24)14-7-5-4-6-8-14/h1,4-8,10-12,17,24H,9H2,2H3,(H2,22,23,25). The molecule has 0 spiro atoms. The minimum atomic E-state index is -0.958. The van der Waals surface area contributed by atoms with Crippen molar-refractivity contribution < 1.29 is 18.7 Å². The number of hydrogen-bond donors (Lipinski definition) is 3. The monoisotopic (exact) mass is 344 g/mol. The average Bonchev–Trinajstić information content (AvgIpc) is 2.58. The topological polar surface area (TPSA) is 61.4 Å². The fraction of sp³-hybridized carbons (Fsp3) is 0.211. The molecule has 2 amide bonds. The van der Waals surface area contributed by atoms with Crippen LogP contribution in [0.4, 0.5) is 19.3 Å². The van der Waals surface area contributed by atoms with Crippen molar-refractivity contribution in [3.63, 3.8) is 0 Å². The highest BCUT2D eigenvalue weighted by molar-refractivity contribution is 5.89. The number of terminal acetylenes is 1. The second-order valence-electron chi connectivity index (χ2n) is 5.62. The van der Waals surface area contributed by atoms with Gasteiger partial charge in [0.15, 0.2) is 11.6 Å². The Morgan fingerprint density at radius 2 is 1.84 bits per heavy atom. The third-order valence-corrected chi connectivity index (χ3v) is 3.59. The van der Waals surface area contributed by atoms with Gasteiger partial charge in [-0.25, -0.2) is 13.6 Å². The second-order valence-corrected chi connectivity index (χ2v) is 5.62. The SMILES string of the molecule is C#Cc1cc(F)c(NC(=O)NC(C)CC(O)c2ccccc2)c(F)c1. The molecule has 25 heavy (non-hydrogen) atoms. The Bertz CT molecular complexity index is 765. The van der Waals surface area contributed by atoms with E-state index in [-0.39, 0.29) is 12.0 Å². The smallest absolute Gasteiger partial charge is 0.319 e. The quantitative estimate of drug-likeness (QED) is 0.726. The molecule has 2 aromatic rings. The minimum absolute atomic E-state index is 0.0420. The van der Waals surface area contributed by atoms with Gasteiger partial charge in [-0.2, -0.15) is 0 Å². The number of anilines is 1. The second kappa shape index (κ2) is 8.27. The largest absolute Gasteiger partial charge is 0.388 e. The fourth-order valence-electron chi connectivity index (χ4n) is 2.35. The summed E-state index contributed by atoms with van der Waals surface area (Å²) in [5, 5.41) is 14.8. The molecule has 2 aromatic carbocycles. The first kappa shape index (κ1) is 18.4. The molecule has 0 fully saturated rings. The summed E-state index contributed by atoms with van der Waals surface area (Å²) < 4.78 is 27.6. The molecule has 0 radical (unpaired) electrons.